The van der Waals surface area contributed by atoms with Crippen molar-refractivity contribution >= 4 is 12.0 Å². The van der Waals surface area contributed by atoms with E-state index in [0.29, 0.717) is 26.3 Å². The average molecular weight is 248 g/mol. The smallest absolute Gasteiger partial charge is 0.328 e. The fraction of sp³-hybridized carbons (Fsp3) is 0.800. The van der Waals surface area contributed by atoms with Crippen LogP contribution in [0.15, 0.2) is 0 Å². The van der Waals surface area contributed by atoms with Gasteiger partial charge in [0, 0.05) is 19.7 Å². The van der Waals surface area contributed by atoms with Crippen molar-refractivity contribution in [2.45, 2.75) is 19.9 Å². The summed E-state index contributed by atoms with van der Waals surface area (Å²) in [7, 11) is 0. The van der Waals surface area contributed by atoms with Crippen LogP contribution in [0.3, 0.4) is 0 Å². The molecule has 3 N–H and O–H groups in total. The molecule has 0 spiro atoms. The van der Waals surface area contributed by atoms with E-state index in [2.05, 4.69) is 5.32 Å². The molecule has 0 radical (unpaired) electrons. The Kier molecular flexibility index (Phi) is 8.08. The third-order valence-corrected chi connectivity index (χ3v) is 2.16. The van der Waals surface area contributed by atoms with E-state index in [1.54, 1.807) is 6.92 Å². The number of hydrogen-bond donors (Lipinski definition) is 3. The topological polar surface area (TPSA) is 99.1 Å². The lowest BCUT2D eigenvalue weighted by Gasteiger charge is -2.23. The fourth-order valence-corrected chi connectivity index (χ4v) is 1.15. The number of carboxylic acid groups (broad SMARTS) is 1. The Labute approximate surface area is 100 Å². The monoisotopic (exact) mass is 248 g/mol. The van der Waals surface area contributed by atoms with Crippen molar-refractivity contribution in [3.63, 3.8) is 0 Å². The van der Waals surface area contributed by atoms with Crippen molar-refractivity contribution in [1.82, 2.24) is 10.2 Å². The first-order chi connectivity index (χ1) is 8.06. The molecule has 0 aromatic rings. The number of ether oxygens (including phenoxy) is 1. The second kappa shape index (κ2) is 8.77. The molecule has 1 atom stereocenters. The number of carbonyl (C=O) groups excluding carboxylic acids is 1. The minimum Gasteiger partial charge on any atom is -0.480 e. The number of hydrogen-bond acceptors (Lipinski definition) is 4. The summed E-state index contributed by atoms with van der Waals surface area (Å²) in [5, 5.41) is 19.7. The lowest BCUT2D eigenvalue weighted by molar-refractivity contribution is -0.140. The summed E-state index contributed by atoms with van der Waals surface area (Å²) in [5.74, 6) is -1.26. The van der Waals surface area contributed by atoms with Gasteiger partial charge in [0.2, 0.25) is 0 Å². The number of carbonyl (C=O) groups is 2. The van der Waals surface area contributed by atoms with Crippen LogP contribution in [0.1, 0.15) is 13.8 Å². The summed E-state index contributed by atoms with van der Waals surface area (Å²) in [4.78, 5) is 23.7. The Hall–Kier alpha value is -1.34. The van der Waals surface area contributed by atoms with Crippen LogP contribution in [0, 0.1) is 0 Å². The molecule has 0 aliphatic heterocycles. The van der Waals surface area contributed by atoms with Gasteiger partial charge in [0.1, 0.15) is 0 Å². The molecule has 7 heteroatoms. The van der Waals surface area contributed by atoms with E-state index < -0.39 is 24.6 Å². The maximum atomic E-state index is 11.6. The highest BCUT2D eigenvalue weighted by molar-refractivity contribution is 5.82. The number of aliphatic hydroxyl groups excluding tert-OH is 1. The molecule has 0 unspecified atom stereocenters. The van der Waals surface area contributed by atoms with E-state index in [1.807, 2.05) is 6.92 Å². The van der Waals surface area contributed by atoms with Crippen LogP contribution < -0.4 is 5.32 Å². The van der Waals surface area contributed by atoms with E-state index in [4.69, 9.17) is 14.9 Å². The Bertz CT molecular complexity index is 247. The Balaban J connectivity index is 4.18. The molecular weight excluding hydrogens is 228 g/mol. The average Bonchev–Trinajstić information content (AvgIpc) is 2.31. The molecule has 0 fully saturated rings. The zero-order valence-electron chi connectivity index (χ0n) is 10.2. The van der Waals surface area contributed by atoms with Gasteiger partial charge in [-0.1, -0.05) is 0 Å². The third kappa shape index (κ3) is 6.08. The summed E-state index contributed by atoms with van der Waals surface area (Å²) >= 11 is 0. The third-order valence-electron chi connectivity index (χ3n) is 2.16. The second-order valence-electron chi connectivity index (χ2n) is 3.30. The van der Waals surface area contributed by atoms with Gasteiger partial charge in [-0.05, 0) is 13.8 Å². The number of aliphatic hydroxyl groups is 1. The quantitative estimate of drug-likeness (QED) is 0.503. The van der Waals surface area contributed by atoms with Crippen LogP contribution in [-0.4, -0.2) is 66.1 Å². The van der Waals surface area contributed by atoms with Crippen molar-refractivity contribution in [3.05, 3.63) is 0 Å². The maximum Gasteiger partial charge on any atom is 0.328 e. The molecule has 0 aromatic heterocycles. The van der Waals surface area contributed by atoms with Gasteiger partial charge in [0.05, 0.1) is 13.2 Å². The van der Waals surface area contributed by atoms with Gasteiger partial charge in [0.15, 0.2) is 6.04 Å². The number of likely N-dealkylation sites (N-methyl/N-ethyl adjacent to an activating group) is 1. The Morgan fingerprint density at radius 3 is 2.47 bits per heavy atom. The first-order valence-electron chi connectivity index (χ1n) is 5.53. The van der Waals surface area contributed by atoms with Gasteiger partial charge in [-0.2, -0.15) is 0 Å². The highest BCUT2D eigenvalue weighted by Crippen LogP contribution is 1.92. The largest absolute Gasteiger partial charge is 0.480 e. The van der Waals surface area contributed by atoms with Crippen LogP contribution >= 0.6 is 0 Å². The molecular formula is C10H20N2O5. The SMILES string of the molecule is CCOCCN(CC)C(=O)N[C@H](CO)C(=O)O. The highest BCUT2D eigenvalue weighted by Gasteiger charge is 2.21. The molecule has 2 amide bonds. The predicted octanol–water partition coefficient (Wildman–Crippen LogP) is -0.500. The van der Waals surface area contributed by atoms with E-state index in [-0.39, 0.29) is 0 Å². The molecule has 100 valence electrons. The normalized spacial score (nSPS) is 11.9. The first-order valence-corrected chi connectivity index (χ1v) is 5.53. The van der Waals surface area contributed by atoms with Crippen LogP contribution in [0.2, 0.25) is 0 Å². The predicted molar refractivity (Wildman–Crippen MR) is 60.8 cm³/mol. The first kappa shape index (κ1) is 15.7. The molecule has 0 aliphatic rings. The van der Waals surface area contributed by atoms with Gasteiger partial charge in [-0.15, -0.1) is 0 Å². The molecule has 0 saturated carbocycles. The van der Waals surface area contributed by atoms with Crippen molar-refractivity contribution in [3.8, 4) is 0 Å². The molecule has 17 heavy (non-hydrogen) atoms. The second-order valence-corrected chi connectivity index (χ2v) is 3.30. The lowest BCUT2D eigenvalue weighted by atomic mass is 10.3. The number of rotatable bonds is 8. The summed E-state index contributed by atoms with van der Waals surface area (Å²) < 4.78 is 5.11. The number of carboxylic acids is 1. The Morgan fingerprint density at radius 2 is 2.06 bits per heavy atom. The Morgan fingerprint density at radius 1 is 1.41 bits per heavy atom. The zero-order valence-corrected chi connectivity index (χ0v) is 10.2. The van der Waals surface area contributed by atoms with Gasteiger partial charge in [-0.25, -0.2) is 9.59 Å². The van der Waals surface area contributed by atoms with Crippen LogP contribution in [-0.2, 0) is 9.53 Å². The molecule has 0 aliphatic carbocycles. The van der Waals surface area contributed by atoms with Gasteiger partial charge < -0.3 is 25.2 Å². The molecule has 7 nitrogen and oxygen atoms in total. The standard InChI is InChI=1S/C10H20N2O5/c1-3-12(5-6-17-4-2)10(16)11-8(7-13)9(14)15/h8,13H,3-7H2,1-2H3,(H,11,16)(H,14,15)/t8-/m1/s1. The van der Waals surface area contributed by atoms with Crippen molar-refractivity contribution < 1.29 is 24.5 Å². The van der Waals surface area contributed by atoms with E-state index in [0.717, 1.165) is 0 Å². The van der Waals surface area contributed by atoms with Crippen LogP contribution in [0.5, 0.6) is 0 Å². The van der Waals surface area contributed by atoms with Gasteiger partial charge >= 0.3 is 12.0 Å². The van der Waals surface area contributed by atoms with Crippen molar-refractivity contribution in [2.24, 2.45) is 0 Å². The molecule has 0 heterocycles. The summed E-state index contributed by atoms with van der Waals surface area (Å²) in [5.41, 5.74) is 0. The van der Waals surface area contributed by atoms with E-state index in [9.17, 15) is 9.59 Å². The highest BCUT2D eigenvalue weighted by atomic mass is 16.5. The summed E-state index contributed by atoms with van der Waals surface area (Å²) in [6.45, 7) is 4.78. The number of aliphatic carboxylic acids is 1. The zero-order chi connectivity index (χ0) is 13.3. The molecule has 0 aromatic carbocycles. The number of nitrogens with zero attached hydrogens (tertiary/aromatic N) is 1. The number of nitrogens with one attached hydrogen (secondary N) is 1. The molecule has 0 bridgehead atoms. The van der Waals surface area contributed by atoms with Crippen molar-refractivity contribution in [2.75, 3.05) is 32.9 Å². The van der Waals surface area contributed by atoms with Crippen LogP contribution in [0.25, 0.3) is 0 Å². The molecule has 0 saturated heterocycles. The summed E-state index contributed by atoms with van der Waals surface area (Å²) in [6, 6.07) is -1.79. The minimum atomic E-state index is -1.27. The van der Waals surface area contributed by atoms with E-state index >= 15 is 0 Å². The summed E-state index contributed by atoms with van der Waals surface area (Å²) in [6.07, 6.45) is 0. The fourth-order valence-electron chi connectivity index (χ4n) is 1.15. The number of amides is 2. The maximum absolute atomic E-state index is 11.6. The molecule has 0 rings (SSSR count). The number of urea groups is 1. The van der Waals surface area contributed by atoms with Gasteiger partial charge in [-0.3, -0.25) is 0 Å². The van der Waals surface area contributed by atoms with E-state index in [1.165, 1.54) is 4.90 Å². The lowest BCUT2D eigenvalue weighted by Crippen LogP contribution is -2.50. The van der Waals surface area contributed by atoms with Crippen LogP contribution in [0.4, 0.5) is 4.79 Å². The van der Waals surface area contributed by atoms with Gasteiger partial charge in [0.25, 0.3) is 0 Å². The van der Waals surface area contributed by atoms with Crippen molar-refractivity contribution in [1.29, 1.82) is 0 Å². The minimum absolute atomic E-state index is 0.383.